The number of pyridine rings is 1. The molecule has 1 amide bonds. The van der Waals surface area contributed by atoms with Gasteiger partial charge in [-0.1, -0.05) is 26.0 Å². The summed E-state index contributed by atoms with van der Waals surface area (Å²) >= 11 is 0. The zero-order valence-corrected chi connectivity index (χ0v) is 17.8. The Labute approximate surface area is 176 Å². The van der Waals surface area contributed by atoms with Crippen molar-refractivity contribution >= 4 is 11.6 Å². The number of nitrogens with zero attached hydrogens (tertiary/aromatic N) is 2. The molecule has 2 aliphatic heterocycles. The number of benzene rings is 1. The maximum atomic E-state index is 13.2. The number of hydrogen-bond acceptors (Lipinski definition) is 4. The van der Waals surface area contributed by atoms with E-state index in [0.29, 0.717) is 31.1 Å². The van der Waals surface area contributed by atoms with Crippen molar-refractivity contribution in [1.82, 2.24) is 15.2 Å². The van der Waals surface area contributed by atoms with Gasteiger partial charge >= 0.3 is 0 Å². The Morgan fingerprint density at radius 1 is 1.27 bits per heavy atom. The van der Waals surface area contributed by atoms with Gasteiger partial charge in [0.05, 0.1) is 12.2 Å². The summed E-state index contributed by atoms with van der Waals surface area (Å²) in [7, 11) is 0. The second kappa shape index (κ2) is 7.96. The minimum absolute atomic E-state index is 0.0516. The van der Waals surface area contributed by atoms with Crippen molar-refractivity contribution in [2.24, 2.45) is 0 Å². The van der Waals surface area contributed by atoms with E-state index in [1.165, 1.54) is 12.1 Å². The van der Waals surface area contributed by atoms with Gasteiger partial charge < -0.3 is 15.2 Å². The van der Waals surface area contributed by atoms with Gasteiger partial charge in [0.25, 0.3) is 5.56 Å². The Morgan fingerprint density at radius 3 is 2.70 bits per heavy atom. The van der Waals surface area contributed by atoms with Gasteiger partial charge in [-0.2, -0.15) is 0 Å². The van der Waals surface area contributed by atoms with Gasteiger partial charge in [-0.15, -0.1) is 0 Å². The molecule has 2 aromatic rings. The first-order valence-electron chi connectivity index (χ1n) is 10.5. The van der Waals surface area contributed by atoms with Crippen molar-refractivity contribution in [2.45, 2.75) is 38.6 Å². The number of aromatic amines is 1. The summed E-state index contributed by atoms with van der Waals surface area (Å²) in [5.41, 5.74) is 2.53. The van der Waals surface area contributed by atoms with Gasteiger partial charge in [-0.05, 0) is 30.7 Å². The van der Waals surface area contributed by atoms with Crippen LogP contribution in [0.2, 0.25) is 0 Å². The molecule has 0 bridgehead atoms. The van der Waals surface area contributed by atoms with Crippen LogP contribution in [0.15, 0.2) is 35.1 Å². The number of amides is 1. The third-order valence-corrected chi connectivity index (χ3v) is 6.04. The normalized spacial score (nSPS) is 20.9. The molecule has 0 saturated carbocycles. The summed E-state index contributed by atoms with van der Waals surface area (Å²) in [6.07, 6.45) is 0.390. The van der Waals surface area contributed by atoms with Gasteiger partial charge in [-0.3, -0.25) is 14.5 Å². The number of aromatic nitrogens is 1. The van der Waals surface area contributed by atoms with Crippen molar-refractivity contribution in [3.05, 3.63) is 63.3 Å². The predicted molar refractivity (Wildman–Crippen MR) is 116 cm³/mol. The Kier molecular flexibility index (Phi) is 5.51. The maximum absolute atomic E-state index is 13.2. The van der Waals surface area contributed by atoms with E-state index in [-0.39, 0.29) is 22.7 Å². The highest BCUT2D eigenvalue weighted by Crippen LogP contribution is 2.39. The number of carbonyl (C=O) groups is 1. The Hall–Kier alpha value is -2.51. The van der Waals surface area contributed by atoms with E-state index in [2.05, 4.69) is 22.1 Å². The highest BCUT2D eigenvalue weighted by atomic mass is 19.1. The number of halogens is 1. The lowest BCUT2D eigenvalue weighted by molar-refractivity contribution is -0.120. The molecule has 0 radical (unpaired) electrons. The van der Waals surface area contributed by atoms with Crippen LogP contribution in [0.1, 0.15) is 37.6 Å². The maximum Gasteiger partial charge on any atom is 0.251 e. The molecule has 1 unspecified atom stereocenters. The number of H-pyrrole nitrogens is 1. The molecule has 3 heterocycles. The Morgan fingerprint density at radius 2 is 2.00 bits per heavy atom. The second-order valence-corrected chi connectivity index (χ2v) is 9.14. The number of hydrogen-bond donors (Lipinski definition) is 2. The lowest BCUT2D eigenvalue weighted by atomic mass is 9.91. The van der Waals surface area contributed by atoms with Crippen LogP contribution in [0.5, 0.6) is 0 Å². The molecule has 1 saturated heterocycles. The van der Waals surface area contributed by atoms with Gasteiger partial charge in [0.15, 0.2) is 0 Å². The van der Waals surface area contributed by atoms with Crippen molar-refractivity contribution in [1.29, 1.82) is 0 Å². The first-order valence-corrected chi connectivity index (χ1v) is 10.5. The third kappa shape index (κ3) is 4.18. The second-order valence-electron chi connectivity index (χ2n) is 9.14. The highest BCUT2D eigenvalue weighted by molar-refractivity contribution is 5.97. The number of nitrogens with one attached hydrogen (secondary N) is 2. The number of anilines is 1. The Balaban J connectivity index is 1.61. The van der Waals surface area contributed by atoms with Crippen molar-refractivity contribution in [3.8, 4) is 0 Å². The van der Waals surface area contributed by atoms with E-state index in [1.54, 1.807) is 12.1 Å². The smallest absolute Gasteiger partial charge is 0.251 e. The highest BCUT2D eigenvalue weighted by Gasteiger charge is 2.40. The van der Waals surface area contributed by atoms with Crippen LogP contribution in [0.4, 0.5) is 10.1 Å². The summed E-state index contributed by atoms with van der Waals surface area (Å²) < 4.78 is 13.2. The van der Waals surface area contributed by atoms with Gasteiger partial charge in [0.1, 0.15) is 5.82 Å². The molecule has 30 heavy (non-hydrogen) atoms. The zero-order chi connectivity index (χ0) is 21.5. The average Bonchev–Trinajstić information content (AvgIpc) is 2.94. The van der Waals surface area contributed by atoms with E-state index in [4.69, 9.17) is 0 Å². The van der Waals surface area contributed by atoms with Crippen LogP contribution in [0.25, 0.3) is 0 Å². The van der Waals surface area contributed by atoms with Gasteiger partial charge in [0, 0.05) is 55.3 Å². The van der Waals surface area contributed by atoms with Crippen molar-refractivity contribution < 1.29 is 9.18 Å². The Bertz CT molecular complexity index is 999. The fraction of sp³-hybridized carbons (Fsp3) is 0.478. The van der Waals surface area contributed by atoms with Crippen LogP contribution < -0.4 is 15.8 Å². The molecule has 1 fully saturated rings. The molecule has 7 heteroatoms. The minimum atomic E-state index is -0.324. The molecular formula is C23H29FN4O2. The number of fused-ring (bicyclic) bond motifs is 1. The molecule has 2 aliphatic rings. The molecule has 0 aliphatic carbocycles. The molecule has 1 atom stereocenters. The lowest BCUT2D eigenvalue weighted by Crippen LogP contribution is -2.52. The lowest BCUT2D eigenvalue weighted by Gasteiger charge is -2.32. The largest absolute Gasteiger partial charge is 0.323 e. The van der Waals surface area contributed by atoms with Gasteiger partial charge in [-0.25, -0.2) is 4.39 Å². The molecular weight excluding hydrogens is 383 g/mol. The quantitative estimate of drug-likeness (QED) is 0.806. The average molecular weight is 413 g/mol. The van der Waals surface area contributed by atoms with E-state index in [1.807, 2.05) is 24.8 Å². The fourth-order valence-corrected chi connectivity index (χ4v) is 4.46. The summed E-state index contributed by atoms with van der Waals surface area (Å²) in [6.45, 7) is 9.69. The predicted octanol–water partition coefficient (Wildman–Crippen LogP) is 2.02. The SMILES string of the molecule is CC1CN(CC(=O)N2CC(C)(C)c3[nH]c(=O)c(Cc4ccc(F)cc4)cc32)CCN1. The van der Waals surface area contributed by atoms with Crippen LogP contribution in [-0.4, -0.2) is 54.6 Å². The number of piperazine rings is 1. The molecule has 1 aromatic heterocycles. The topological polar surface area (TPSA) is 68.4 Å². The van der Waals surface area contributed by atoms with Crippen molar-refractivity contribution in [3.63, 3.8) is 0 Å². The molecule has 1 aromatic carbocycles. The third-order valence-electron chi connectivity index (χ3n) is 6.04. The van der Waals surface area contributed by atoms with E-state index >= 15 is 0 Å². The molecule has 4 rings (SSSR count). The van der Waals surface area contributed by atoms with Crippen LogP contribution >= 0.6 is 0 Å². The standard InChI is InChI=1S/C23H29FN4O2/c1-15-12-27(9-8-25-15)13-20(29)28-14-23(2,3)21-19(28)11-17(22(30)26-21)10-16-4-6-18(24)7-5-16/h4-7,11,15,25H,8-10,12-14H2,1-3H3,(H,26,30). The first-order chi connectivity index (χ1) is 14.2. The number of carbonyl (C=O) groups excluding carboxylic acids is 1. The minimum Gasteiger partial charge on any atom is -0.323 e. The summed E-state index contributed by atoms with van der Waals surface area (Å²) in [5, 5.41) is 3.39. The molecule has 6 nitrogen and oxygen atoms in total. The monoisotopic (exact) mass is 412 g/mol. The van der Waals surface area contributed by atoms with E-state index < -0.39 is 0 Å². The number of rotatable bonds is 4. The van der Waals surface area contributed by atoms with Crippen molar-refractivity contribution in [2.75, 3.05) is 37.6 Å². The van der Waals surface area contributed by atoms with E-state index in [0.717, 1.165) is 36.6 Å². The molecule has 160 valence electrons. The van der Waals surface area contributed by atoms with Crippen LogP contribution in [0.3, 0.4) is 0 Å². The summed E-state index contributed by atoms with van der Waals surface area (Å²) in [6, 6.07) is 8.35. The molecule has 0 spiro atoms. The van der Waals surface area contributed by atoms with Gasteiger partial charge in [0.2, 0.25) is 5.91 Å². The zero-order valence-electron chi connectivity index (χ0n) is 17.8. The summed E-state index contributed by atoms with van der Waals surface area (Å²) in [4.78, 5) is 32.9. The van der Waals surface area contributed by atoms with E-state index in [9.17, 15) is 14.0 Å². The fourth-order valence-electron chi connectivity index (χ4n) is 4.46. The summed E-state index contributed by atoms with van der Waals surface area (Å²) in [5.74, 6) is -0.252. The van der Waals surface area contributed by atoms with Crippen LogP contribution in [-0.2, 0) is 16.6 Å². The molecule has 2 N–H and O–H groups in total. The van der Waals surface area contributed by atoms with Crippen LogP contribution in [0, 0.1) is 5.82 Å². The first kappa shape index (κ1) is 20.8.